The van der Waals surface area contributed by atoms with Crippen molar-refractivity contribution in [3.8, 4) is 0 Å². The third-order valence-electron chi connectivity index (χ3n) is 4.21. The van der Waals surface area contributed by atoms with Gasteiger partial charge in [-0.15, -0.1) is 0 Å². The van der Waals surface area contributed by atoms with Crippen molar-refractivity contribution in [1.82, 2.24) is 0 Å². The first-order valence-corrected chi connectivity index (χ1v) is 8.22. The van der Waals surface area contributed by atoms with Crippen molar-refractivity contribution in [3.63, 3.8) is 0 Å². The molecule has 0 aromatic heterocycles. The summed E-state index contributed by atoms with van der Waals surface area (Å²) in [6.07, 6.45) is 5.16. The summed E-state index contributed by atoms with van der Waals surface area (Å²) in [5.41, 5.74) is 1.52. The van der Waals surface area contributed by atoms with Crippen molar-refractivity contribution in [3.05, 3.63) is 34.1 Å². The lowest BCUT2D eigenvalue weighted by Crippen LogP contribution is -2.30. The first-order valence-electron chi connectivity index (χ1n) is 6.51. The Hall–Kier alpha value is 0.110. The summed E-state index contributed by atoms with van der Waals surface area (Å²) in [7, 11) is 0. The van der Waals surface area contributed by atoms with Crippen molar-refractivity contribution in [2.75, 3.05) is 0 Å². The fraction of sp³-hybridized carbons (Fsp3) is 0.600. The molecule has 2 atom stereocenters. The predicted molar refractivity (Wildman–Crippen MR) is 81.5 cm³/mol. The average molecular weight is 378 g/mol. The number of hydrogen-bond acceptors (Lipinski definition) is 0. The summed E-state index contributed by atoms with van der Waals surface area (Å²) in [5, 5.41) is 0. The Labute approximate surface area is 126 Å². The fourth-order valence-electron chi connectivity index (χ4n) is 2.98. The Morgan fingerprint density at radius 3 is 2.67 bits per heavy atom. The highest BCUT2D eigenvalue weighted by atomic mass is 79.9. The molecule has 2 unspecified atom stereocenters. The quantitative estimate of drug-likeness (QED) is 0.535. The predicted octanol–water partition coefficient (Wildman–Crippen LogP) is 6.24. The van der Waals surface area contributed by atoms with Crippen LogP contribution in [0.25, 0.3) is 0 Å². The van der Waals surface area contributed by atoms with Crippen molar-refractivity contribution in [2.24, 2.45) is 11.3 Å². The van der Waals surface area contributed by atoms with Gasteiger partial charge >= 0.3 is 0 Å². The summed E-state index contributed by atoms with van der Waals surface area (Å²) in [6.45, 7) is 4.70. The molecule has 1 aliphatic carbocycles. The van der Waals surface area contributed by atoms with Crippen LogP contribution >= 0.6 is 31.9 Å². The maximum atomic E-state index is 13.3. The maximum Gasteiger partial charge on any atom is 0.137 e. The van der Waals surface area contributed by atoms with Gasteiger partial charge in [0.15, 0.2) is 0 Å². The molecule has 0 N–H and O–H groups in total. The van der Waals surface area contributed by atoms with E-state index in [1.54, 1.807) is 6.07 Å². The number of hydrogen-bond donors (Lipinski definition) is 0. The Balaban J connectivity index is 2.24. The van der Waals surface area contributed by atoms with E-state index >= 15 is 0 Å². The first-order chi connectivity index (χ1) is 8.42. The lowest BCUT2D eigenvalue weighted by molar-refractivity contribution is 0.136. The van der Waals surface area contributed by atoms with E-state index in [1.807, 2.05) is 12.1 Å². The molecule has 0 bridgehead atoms. The highest BCUT2D eigenvalue weighted by molar-refractivity contribution is 9.10. The number of rotatable bonds is 2. The van der Waals surface area contributed by atoms with Gasteiger partial charge in [0.05, 0.1) is 4.47 Å². The van der Waals surface area contributed by atoms with Gasteiger partial charge in [-0.25, -0.2) is 4.39 Å². The van der Waals surface area contributed by atoms with Gasteiger partial charge in [0, 0.05) is 4.83 Å². The summed E-state index contributed by atoms with van der Waals surface area (Å²) in [6, 6.07) is 5.34. The van der Waals surface area contributed by atoms with Crippen LogP contribution in [-0.2, 0) is 0 Å². The monoisotopic (exact) mass is 376 g/mol. The van der Waals surface area contributed by atoms with E-state index in [9.17, 15) is 4.39 Å². The molecule has 0 amide bonds. The fourth-order valence-corrected chi connectivity index (χ4v) is 4.64. The van der Waals surface area contributed by atoms with Crippen LogP contribution < -0.4 is 0 Å². The van der Waals surface area contributed by atoms with Gasteiger partial charge in [-0.3, -0.25) is 0 Å². The number of alkyl halides is 1. The maximum absolute atomic E-state index is 13.3. The van der Waals surface area contributed by atoms with Gasteiger partial charge in [0.1, 0.15) is 5.82 Å². The molecule has 1 aromatic carbocycles. The third-order valence-corrected chi connectivity index (χ3v) is 5.98. The van der Waals surface area contributed by atoms with Crippen LogP contribution in [0.15, 0.2) is 22.7 Å². The summed E-state index contributed by atoms with van der Waals surface area (Å²) < 4.78 is 13.8. The largest absolute Gasteiger partial charge is 0.206 e. The van der Waals surface area contributed by atoms with Crippen LogP contribution in [0.5, 0.6) is 0 Å². The van der Waals surface area contributed by atoms with Gasteiger partial charge < -0.3 is 0 Å². The van der Waals surface area contributed by atoms with Crippen LogP contribution in [0.3, 0.4) is 0 Å². The molecule has 0 nitrogen and oxygen atoms in total. The smallest absolute Gasteiger partial charge is 0.137 e. The Bertz CT molecular complexity index is 429. The summed E-state index contributed by atoms with van der Waals surface area (Å²) in [5.74, 6) is 0.421. The van der Waals surface area contributed by atoms with Gasteiger partial charge in [0.25, 0.3) is 0 Å². The van der Waals surface area contributed by atoms with Crippen molar-refractivity contribution >= 4 is 31.9 Å². The minimum atomic E-state index is -0.193. The molecule has 1 saturated carbocycles. The average Bonchev–Trinajstić information content (AvgIpc) is 2.31. The number of halogens is 3. The molecule has 1 fully saturated rings. The van der Waals surface area contributed by atoms with Crippen LogP contribution in [0.4, 0.5) is 4.39 Å². The second-order valence-corrected chi connectivity index (χ2v) is 7.76. The molecule has 0 saturated heterocycles. The molecule has 18 heavy (non-hydrogen) atoms. The zero-order valence-electron chi connectivity index (χ0n) is 10.8. The van der Waals surface area contributed by atoms with E-state index in [0.29, 0.717) is 20.6 Å². The lowest BCUT2D eigenvalue weighted by atomic mass is 9.67. The molecule has 0 spiro atoms. The van der Waals surface area contributed by atoms with Gasteiger partial charge in [-0.1, -0.05) is 48.7 Å². The molecule has 1 aromatic rings. The Morgan fingerprint density at radius 2 is 2.06 bits per heavy atom. The highest BCUT2D eigenvalue weighted by Gasteiger charge is 2.37. The van der Waals surface area contributed by atoms with Crippen LogP contribution in [0, 0.1) is 17.2 Å². The van der Waals surface area contributed by atoms with Crippen LogP contribution in [0.1, 0.15) is 49.9 Å². The standard InChI is InChI=1S/C15H19Br2F/c1-15(2)8-4-3-5-11(15)14(17)10-6-7-13(18)12(16)9-10/h6-7,9,11,14H,3-5,8H2,1-2H3. The SMILES string of the molecule is CC1(C)CCCCC1C(Br)c1ccc(F)c(Br)c1. The second kappa shape index (κ2) is 5.62. The summed E-state index contributed by atoms with van der Waals surface area (Å²) in [4.78, 5) is 0.310. The Morgan fingerprint density at radius 1 is 1.33 bits per heavy atom. The Kier molecular flexibility index (Phi) is 4.53. The molecule has 0 aliphatic heterocycles. The molecule has 3 heteroatoms. The zero-order chi connectivity index (χ0) is 13.3. The van der Waals surface area contributed by atoms with E-state index in [2.05, 4.69) is 45.7 Å². The highest BCUT2D eigenvalue weighted by Crippen LogP contribution is 2.50. The normalized spacial score (nSPS) is 24.8. The summed E-state index contributed by atoms with van der Waals surface area (Å²) >= 11 is 7.11. The van der Waals surface area contributed by atoms with Crippen molar-refractivity contribution in [1.29, 1.82) is 0 Å². The van der Waals surface area contributed by atoms with E-state index in [1.165, 1.54) is 31.2 Å². The molecular formula is C15H19Br2F. The van der Waals surface area contributed by atoms with E-state index in [4.69, 9.17) is 0 Å². The van der Waals surface area contributed by atoms with E-state index < -0.39 is 0 Å². The third kappa shape index (κ3) is 2.98. The van der Waals surface area contributed by atoms with Gasteiger partial charge in [0.2, 0.25) is 0 Å². The van der Waals surface area contributed by atoms with Crippen LogP contribution in [0.2, 0.25) is 0 Å². The number of benzene rings is 1. The first kappa shape index (κ1) is 14.5. The zero-order valence-corrected chi connectivity index (χ0v) is 14.0. The van der Waals surface area contributed by atoms with Gasteiger partial charge in [-0.05, 0) is 57.8 Å². The topological polar surface area (TPSA) is 0 Å². The molecule has 0 radical (unpaired) electrons. The molecule has 2 rings (SSSR count). The lowest BCUT2D eigenvalue weighted by Gasteiger charge is -2.41. The second-order valence-electron chi connectivity index (χ2n) is 5.92. The molecule has 0 heterocycles. The van der Waals surface area contributed by atoms with Crippen LogP contribution in [-0.4, -0.2) is 0 Å². The molecule has 1 aliphatic rings. The minimum Gasteiger partial charge on any atom is -0.206 e. The molecular weight excluding hydrogens is 359 g/mol. The van der Waals surface area contributed by atoms with Crippen molar-refractivity contribution in [2.45, 2.75) is 44.4 Å². The van der Waals surface area contributed by atoms with E-state index in [0.717, 1.165) is 0 Å². The van der Waals surface area contributed by atoms with E-state index in [-0.39, 0.29) is 5.82 Å². The van der Waals surface area contributed by atoms with Crippen molar-refractivity contribution < 1.29 is 4.39 Å². The van der Waals surface area contributed by atoms with Gasteiger partial charge in [-0.2, -0.15) is 0 Å². The minimum absolute atomic E-state index is 0.193. The molecule has 100 valence electrons.